The zero-order chi connectivity index (χ0) is 14.7. The molecule has 6 heteroatoms. The number of aryl methyl sites for hydroxylation is 1. The Morgan fingerprint density at radius 2 is 2.20 bits per heavy atom. The summed E-state index contributed by atoms with van der Waals surface area (Å²) in [4.78, 5) is 10.9. The highest BCUT2D eigenvalue weighted by Gasteiger charge is 2.08. The third kappa shape index (κ3) is 3.19. The third-order valence-electron chi connectivity index (χ3n) is 2.95. The average molecular weight is 339 g/mol. The molecule has 1 N–H and O–H groups in total. The number of halogens is 1. The Morgan fingerprint density at radius 1 is 1.45 bits per heavy atom. The van der Waals surface area contributed by atoms with Crippen LogP contribution in [0.15, 0.2) is 28.7 Å². The Bertz CT molecular complexity index is 637. The maximum absolute atomic E-state index is 10.9. The van der Waals surface area contributed by atoms with Crippen LogP contribution in [-0.4, -0.2) is 27.5 Å². The molecule has 0 aliphatic carbocycles. The molecule has 106 valence electrons. The number of carboxylic acids is 1. The highest BCUT2D eigenvalue weighted by atomic mass is 79.9. The fourth-order valence-corrected chi connectivity index (χ4v) is 2.15. The summed E-state index contributed by atoms with van der Waals surface area (Å²) >= 11 is 3.47. The molecule has 5 nitrogen and oxygen atoms in total. The molecule has 0 bridgehead atoms. The molecular weight excluding hydrogens is 324 g/mol. The molecular formula is C14H15BrN2O3. The summed E-state index contributed by atoms with van der Waals surface area (Å²) in [6, 6.07) is 6.45. The summed E-state index contributed by atoms with van der Waals surface area (Å²) in [5.74, 6) is -0.413. The maximum atomic E-state index is 10.9. The van der Waals surface area contributed by atoms with Gasteiger partial charge in [-0.1, -0.05) is 6.07 Å². The number of aromatic carboxylic acids is 1. The smallest absolute Gasteiger partial charge is 0.335 e. The van der Waals surface area contributed by atoms with E-state index in [9.17, 15) is 4.79 Å². The average Bonchev–Trinajstić information content (AvgIpc) is 2.67. The van der Waals surface area contributed by atoms with Crippen LogP contribution in [0, 0.1) is 13.8 Å². The van der Waals surface area contributed by atoms with Crippen molar-refractivity contribution < 1.29 is 14.6 Å². The van der Waals surface area contributed by atoms with Gasteiger partial charge < -0.3 is 9.84 Å². The zero-order valence-electron chi connectivity index (χ0n) is 11.3. The molecule has 0 spiro atoms. The van der Waals surface area contributed by atoms with E-state index in [1.54, 1.807) is 12.1 Å². The molecule has 0 fully saturated rings. The quantitative estimate of drug-likeness (QED) is 0.909. The van der Waals surface area contributed by atoms with Gasteiger partial charge in [0.05, 0.1) is 22.3 Å². The Kier molecular flexibility index (Phi) is 4.44. The van der Waals surface area contributed by atoms with Crippen LogP contribution in [0.2, 0.25) is 0 Å². The largest absolute Gasteiger partial charge is 0.492 e. The van der Waals surface area contributed by atoms with Gasteiger partial charge in [-0.25, -0.2) is 4.79 Å². The summed E-state index contributed by atoms with van der Waals surface area (Å²) < 4.78 is 8.43. The number of ether oxygens (including phenoxy) is 1. The summed E-state index contributed by atoms with van der Waals surface area (Å²) in [5, 5.41) is 13.3. The van der Waals surface area contributed by atoms with E-state index >= 15 is 0 Å². The van der Waals surface area contributed by atoms with Gasteiger partial charge in [0.2, 0.25) is 0 Å². The van der Waals surface area contributed by atoms with Crippen LogP contribution in [0.4, 0.5) is 0 Å². The summed E-state index contributed by atoms with van der Waals surface area (Å²) in [5.41, 5.74) is 2.21. The van der Waals surface area contributed by atoms with E-state index in [2.05, 4.69) is 21.0 Å². The third-order valence-corrected chi connectivity index (χ3v) is 4.09. The zero-order valence-corrected chi connectivity index (χ0v) is 12.8. The molecule has 0 saturated carbocycles. The van der Waals surface area contributed by atoms with E-state index < -0.39 is 5.97 Å². The van der Waals surface area contributed by atoms with E-state index in [0.29, 0.717) is 18.9 Å². The van der Waals surface area contributed by atoms with Crippen LogP contribution in [0.5, 0.6) is 5.75 Å². The predicted octanol–water partition coefficient (Wildman–Crippen LogP) is 3.04. The molecule has 0 aliphatic rings. The summed E-state index contributed by atoms with van der Waals surface area (Å²) in [6.07, 6.45) is 0. The normalized spacial score (nSPS) is 10.6. The fourth-order valence-electron chi connectivity index (χ4n) is 1.86. The number of benzene rings is 1. The molecule has 0 radical (unpaired) electrons. The second-order valence-electron chi connectivity index (χ2n) is 4.39. The second-order valence-corrected chi connectivity index (χ2v) is 5.18. The minimum Gasteiger partial charge on any atom is -0.492 e. The standard InChI is InChI=1S/C14H15BrN2O3/c1-9-13(15)10(2)17(16-9)6-7-20-12-5-3-4-11(8-12)14(18)19/h3-5,8H,6-7H2,1-2H3,(H,18,19). The van der Waals surface area contributed by atoms with Gasteiger partial charge in [0.25, 0.3) is 0 Å². The van der Waals surface area contributed by atoms with Gasteiger partial charge in [-0.15, -0.1) is 0 Å². The lowest BCUT2D eigenvalue weighted by Gasteiger charge is -2.08. The van der Waals surface area contributed by atoms with Crippen LogP contribution in [0.25, 0.3) is 0 Å². The Morgan fingerprint density at radius 3 is 2.80 bits per heavy atom. The number of aromatic nitrogens is 2. The van der Waals surface area contributed by atoms with E-state index in [4.69, 9.17) is 9.84 Å². The summed E-state index contributed by atoms with van der Waals surface area (Å²) in [6.45, 7) is 4.95. The molecule has 2 rings (SSSR count). The van der Waals surface area contributed by atoms with E-state index in [1.165, 1.54) is 12.1 Å². The first-order valence-corrected chi connectivity index (χ1v) is 6.94. The van der Waals surface area contributed by atoms with Crippen molar-refractivity contribution in [2.24, 2.45) is 0 Å². The molecule has 0 unspecified atom stereocenters. The Hall–Kier alpha value is -1.82. The van der Waals surface area contributed by atoms with Crippen molar-refractivity contribution in [2.45, 2.75) is 20.4 Å². The van der Waals surface area contributed by atoms with E-state index in [0.717, 1.165) is 15.9 Å². The number of rotatable bonds is 5. The molecule has 0 aliphatic heterocycles. The summed E-state index contributed by atoms with van der Waals surface area (Å²) in [7, 11) is 0. The van der Waals surface area contributed by atoms with Gasteiger partial charge in [-0.2, -0.15) is 5.10 Å². The van der Waals surface area contributed by atoms with E-state index in [1.807, 2.05) is 18.5 Å². The molecule has 2 aromatic rings. The lowest BCUT2D eigenvalue weighted by atomic mass is 10.2. The van der Waals surface area contributed by atoms with Crippen LogP contribution in [-0.2, 0) is 6.54 Å². The molecule has 1 aromatic carbocycles. The van der Waals surface area contributed by atoms with Crippen LogP contribution in [0.1, 0.15) is 21.7 Å². The SMILES string of the molecule is Cc1nn(CCOc2cccc(C(=O)O)c2)c(C)c1Br. The molecule has 1 heterocycles. The second kappa shape index (κ2) is 6.09. The fraction of sp³-hybridized carbons (Fsp3) is 0.286. The van der Waals surface area contributed by atoms with Gasteiger partial charge in [-0.3, -0.25) is 4.68 Å². The van der Waals surface area contributed by atoms with Crippen molar-refractivity contribution in [1.29, 1.82) is 0 Å². The van der Waals surface area contributed by atoms with Gasteiger partial charge in [0.1, 0.15) is 12.4 Å². The van der Waals surface area contributed by atoms with Gasteiger partial charge >= 0.3 is 5.97 Å². The van der Waals surface area contributed by atoms with E-state index in [-0.39, 0.29) is 5.56 Å². The highest BCUT2D eigenvalue weighted by Crippen LogP contribution is 2.19. The van der Waals surface area contributed by atoms with Gasteiger partial charge in [-0.05, 0) is 48.0 Å². The van der Waals surface area contributed by atoms with Crippen molar-refractivity contribution in [3.63, 3.8) is 0 Å². The maximum Gasteiger partial charge on any atom is 0.335 e. The predicted molar refractivity (Wildman–Crippen MR) is 78.3 cm³/mol. The number of hydrogen-bond acceptors (Lipinski definition) is 3. The van der Waals surface area contributed by atoms with Crippen molar-refractivity contribution in [2.75, 3.05) is 6.61 Å². The number of hydrogen-bond donors (Lipinski definition) is 1. The Balaban J connectivity index is 1.97. The van der Waals surface area contributed by atoms with Crippen LogP contribution in [0.3, 0.4) is 0 Å². The first-order valence-electron chi connectivity index (χ1n) is 6.14. The van der Waals surface area contributed by atoms with Crippen molar-refractivity contribution in [1.82, 2.24) is 9.78 Å². The monoisotopic (exact) mass is 338 g/mol. The van der Waals surface area contributed by atoms with Crippen molar-refractivity contribution in [3.8, 4) is 5.75 Å². The van der Waals surface area contributed by atoms with Crippen molar-refractivity contribution in [3.05, 3.63) is 45.7 Å². The molecule has 0 atom stereocenters. The van der Waals surface area contributed by atoms with Crippen LogP contribution < -0.4 is 4.74 Å². The van der Waals surface area contributed by atoms with Gasteiger partial charge in [0.15, 0.2) is 0 Å². The minimum absolute atomic E-state index is 0.219. The lowest BCUT2D eigenvalue weighted by Crippen LogP contribution is -2.11. The molecule has 20 heavy (non-hydrogen) atoms. The number of carbonyl (C=O) groups is 1. The van der Waals surface area contributed by atoms with Gasteiger partial charge in [0, 0.05) is 5.69 Å². The van der Waals surface area contributed by atoms with Crippen LogP contribution >= 0.6 is 15.9 Å². The number of nitrogens with zero attached hydrogens (tertiary/aromatic N) is 2. The highest BCUT2D eigenvalue weighted by molar-refractivity contribution is 9.10. The molecule has 1 aromatic heterocycles. The first kappa shape index (κ1) is 14.6. The lowest BCUT2D eigenvalue weighted by molar-refractivity contribution is 0.0696. The molecule has 0 saturated heterocycles. The first-order chi connectivity index (χ1) is 9.49. The molecule has 0 amide bonds. The van der Waals surface area contributed by atoms with Crippen molar-refractivity contribution >= 4 is 21.9 Å². The Labute approximate surface area is 125 Å². The topological polar surface area (TPSA) is 64.4 Å². The number of carboxylic acid groups (broad SMARTS) is 1. The minimum atomic E-state index is -0.960.